The van der Waals surface area contributed by atoms with Gasteiger partial charge >= 0.3 is 0 Å². The average Bonchev–Trinajstić information content (AvgIpc) is 2.10. The van der Waals surface area contributed by atoms with Crippen molar-refractivity contribution in [3.05, 3.63) is 0 Å². The molecule has 1 aliphatic heterocycles. The molecule has 0 bridgehead atoms. The molecule has 0 aromatic rings. The summed E-state index contributed by atoms with van der Waals surface area (Å²) in [5.74, 6) is 0.755. The maximum absolute atomic E-state index is 13.0. The van der Waals surface area contributed by atoms with Crippen molar-refractivity contribution in [2.24, 2.45) is 11.8 Å². The molecule has 0 unspecified atom stereocenters. The van der Waals surface area contributed by atoms with Gasteiger partial charge < -0.3 is 4.90 Å². The molecule has 0 radical (unpaired) electrons. The van der Waals surface area contributed by atoms with Gasteiger partial charge in [0.25, 0.3) is 0 Å². The monoisotopic (exact) mass is 145 g/mol. The highest BCUT2D eigenvalue weighted by molar-refractivity contribution is 4.83. The summed E-state index contributed by atoms with van der Waals surface area (Å²) in [6, 6.07) is 0. The van der Waals surface area contributed by atoms with Crippen molar-refractivity contribution >= 4 is 0 Å². The van der Waals surface area contributed by atoms with Crippen LogP contribution in [-0.2, 0) is 0 Å². The maximum atomic E-state index is 13.0. The van der Waals surface area contributed by atoms with Crippen LogP contribution < -0.4 is 0 Å². The van der Waals surface area contributed by atoms with Gasteiger partial charge in [0.05, 0.1) is 0 Å². The Bertz CT molecular complexity index is 114. The van der Waals surface area contributed by atoms with Crippen molar-refractivity contribution in [1.29, 1.82) is 0 Å². The summed E-state index contributed by atoms with van der Waals surface area (Å²) in [6.45, 7) is 5.74. The molecule has 0 aromatic carbocycles. The lowest BCUT2D eigenvalue weighted by atomic mass is 9.94. The number of hydrogen-bond acceptors (Lipinski definition) is 1. The Labute approximate surface area is 62.2 Å². The smallest absolute Gasteiger partial charge is 0.117 e. The third-order valence-corrected chi connectivity index (χ3v) is 2.33. The van der Waals surface area contributed by atoms with Crippen LogP contribution in [0.5, 0.6) is 0 Å². The Morgan fingerprint density at radius 3 is 2.20 bits per heavy atom. The van der Waals surface area contributed by atoms with E-state index in [4.69, 9.17) is 0 Å². The fourth-order valence-electron chi connectivity index (χ4n) is 1.61. The molecule has 2 atom stereocenters. The van der Waals surface area contributed by atoms with Gasteiger partial charge in [0.15, 0.2) is 0 Å². The highest BCUT2D eigenvalue weighted by Gasteiger charge is 2.32. The molecule has 0 spiro atoms. The number of rotatable bonds is 1. The molecule has 0 saturated carbocycles. The summed E-state index contributed by atoms with van der Waals surface area (Å²) >= 11 is 0. The molecule has 0 N–H and O–H groups in total. The fraction of sp³-hybridized carbons (Fsp3) is 1.00. The summed E-state index contributed by atoms with van der Waals surface area (Å²) in [4.78, 5) is 2.06. The van der Waals surface area contributed by atoms with Gasteiger partial charge in [-0.3, -0.25) is 0 Å². The maximum Gasteiger partial charge on any atom is 0.117 e. The Hall–Kier alpha value is -0.110. The van der Waals surface area contributed by atoms with Crippen LogP contribution in [0.2, 0.25) is 0 Å². The Kier molecular flexibility index (Phi) is 2.29. The summed E-state index contributed by atoms with van der Waals surface area (Å²) in [6.07, 6.45) is -0.593. The average molecular weight is 145 g/mol. The van der Waals surface area contributed by atoms with Crippen molar-refractivity contribution in [3.63, 3.8) is 0 Å². The Morgan fingerprint density at radius 2 is 2.00 bits per heavy atom. The topological polar surface area (TPSA) is 3.24 Å². The minimum Gasteiger partial charge on any atom is -0.303 e. The number of likely N-dealkylation sites (tertiary alicyclic amines) is 1. The summed E-state index contributed by atoms with van der Waals surface area (Å²) < 4.78 is 13.0. The van der Waals surface area contributed by atoms with Gasteiger partial charge in [0.1, 0.15) is 6.17 Å². The minimum absolute atomic E-state index is 0.269. The first kappa shape index (κ1) is 7.99. The van der Waals surface area contributed by atoms with Gasteiger partial charge in [-0.15, -0.1) is 0 Å². The SMILES string of the molecule is CC(C)[C@H]1CN(C)C[C@H]1F. The van der Waals surface area contributed by atoms with Crippen LogP contribution in [0, 0.1) is 11.8 Å². The molecule has 0 aliphatic carbocycles. The first-order valence-electron chi connectivity index (χ1n) is 3.94. The lowest BCUT2D eigenvalue weighted by Gasteiger charge is -2.15. The highest BCUT2D eigenvalue weighted by Crippen LogP contribution is 2.25. The zero-order chi connectivity index (χ0) is 7.72. The van der Waals surface area contributed by atoms with Gasteiger partial charge in [-0.2, -0.15) is 0 Å². The molecule has 10 heavy (non-hydrogen) atoms. The van der Waals surface area contributed by atoms with Crippen molar-refractivity contribution in [2.75, 3.05) is 20.1 Å². The standard InChI is InChI=1S/C8H16FN/c1-6(2)7-4-10(3)5-8(7)9/h6-8H,4-5H2,1-3H3/t7-,8-/m1/s1. The van der Waals surface area contributed by atoms with Crippen molar-refractivity contribution in [3.8, 4) is 0 Å². The Balaban J connectivity index is 2.46. The fourth-order valence-corrected chi connectivity index (χ4v) is 1.61. The van der Waals surface area contributed by atoms with E-state index in [0.717, 1.165) is 6.54 Å². The van der Waals surface area contributed by atoms with E-state index in [1.807, 2.05) is 7.05 Å². The largest absolute Gasteiger partial charge is 0.303 e. The molecule has 2 heteroatoms. The van der Waals surface area contributed by atoms with Gasteiger partial charge in [-0.1, -0.05) is 13.8 Å². The minimum atomic E-state index is -0.593. The molecular weight excluding hydrogens is 129 g/mol. The molecule has 60 valence electrons. The van der Waals surface area contributed by atoms with E-state index < -0.39 is 6.17 Å². The van der Waals surface area contributed by atoms with E-state index in [-0.39, 0.29) is 5.92 Å². The zero-order valence-electron chi connectivity index (χ0n) is 6.97. The number of alkyl halides is 1. The summed E-state index contributed by atoms with van der Waals surface area (Å²) in [5, 5.41) is 0. The van der Waals surface area contributed by atoms with E-state index in [1.165, 1.54) is 0 Å². The predicted molar refractivity (Wildman–Crippen MR) is 40.7 cm³/mol. The van der Waals surface area contributed by atoms with E-state index in [2.05, 4.69) is 18.7 Å². The quantitative estimate of drug-likeness (QED) is 0.541. The molecule has 1 heterocycles. The second-order valence-electron chi connectivity index (χ2n) is 3.65. The molecule has 1 rings (SSSR count). The number of halogens is 1. The third kappa shape index (κ3) is 1.48. The van der Waals surface area contributed by atoms with Crippen molar-refractivity contribution in [2.45, 2.75) is 20.0 Å². The van der Waals surface area contributed by atoms with Crippen LogP contribution in [0.4, 0.5) is 4.39 Å². The van der Waals surface area contributed by atoms with Crippen LogP contribution in [0.25, 0.3) is 0 Å². The second kappa shape index (κ2) is 2.87. The predicted octanol–water partition coefficient (Wildman–Crippen LogP) is 1.54. The molecule has 0 amide bonds. The third-order valence-electron chi connectivity index (χ3n) is 2.33. The van der Waals surface area contributed by atoms with E-state index in [0.29, 0.717) is 12.5 Å². The first-order valence-corrected chi connectivity index (χ1v) is 3.94. The second-order valence-corrected chi connectivity index (χ2v) is 3.65. The van der Waals surface area contributed by atoms with Crippen LogP contribution in [0.1, 0.15) is 13.8 Å². The van der Waals surface area contributed by atoms with Crippen LogP contribution in [0.15, 0.2) is 0 Å². The van der Waals surface area contributed by atoms with Gasteiger partial charge in [0, 0.05) is 19.0 Å². The summed E-state index contributed by atoms with van der Waals surface area (Å²) in [5.41, 5.74) is 0. The lowest BCUT2D eigenvalue weighted by Crippen LogP contribution is -2.19. The molecule has 1 fully saturated rings. The van der Waals surface area contributed by atoms with Crippen LogP contribution >= 0.6 is 0 Å². The number of nitrogens with zero attached hydrogens (tertiary/aromatic N) is 1. The highest BCUT2D eigenvalue weighted by atomic mass is 19.1. The van der Waals surface area contributed by atoms with E-state index in [1.54, 1.807) is 0 Å². The Morgan fingerprint density at radius 1 is 1.40 bits per heavy atom. The van der Waals surface area contributed by atoms with Crippen LogP contribution in [0.3, 0.4) is 0 Å². The van der Waals surface area contributed by atoms with Crippen molar-refractivity contribution in [1.82, 2.24) is 4.90 Å². The lowest BCUT2D eigenvalue weighted by molar-refractivity contribution is 0.234. The van der Waals surface area contributed by atoms with Gasteiger partial charge in [0.2, 0.25) is 0 Å². The van der Waals surface area contributed by atoms with E-state index >= 15 is 0 Å². The molecule has 1 aliphatic rings. The molecule has 1 saturated heterocycles. The summed E-state index contributed by atoms with van der Waals surface area (Å²) in [7, 11) is 1.98. The van der Waals surface area contributed by atoms with Crippen LogP contribution in [-0.4, -0.2) is 31.2 Å². The van der Waals surface area contributed by atoms with Crippen molar-refractivity contribution < 1.29 is 4.39 Å². The molecular formula is C8H16FN. The van der Waals surface area contributed by atoms with Gasteiger partial charge in [-0.05, 0) is 13.0 Å². The molecule has 0 aromatic heterocycles. The zero-order valence-corrected chi connectivity index (χ0v) is 6.97. The normalized spacial score (nSPS) is 35.7. The number of hydrogen-bond donors (Lipinski definition) is 0. The van der Waals surface area contributed by atoms with E-state index in [9.17, 15) is 4.39 Å². The molecule has 1 nitrogen and oxygen atoms in total. The first-order chi connectivity index (χ1) is 4.61. The van der Waals surface area contributed by atoms with Gasteiger partial charge in [-0.25, -0.2) is 4.39 Å².